The number of esters is 1. The molecule has 14 heavy (non-hydrogen) atoms. The zero-order valence-electron chi connectivity index (χ0n) is 7.95. The number of ether oxygens (including phenoxy) is 1. The summed E-state index contributed by atoms with van der Waals surface area (Å²) in [6, 6.07) is 0.715. The number of hydrogen-bond donors (Lipinski definition) is 0. The van der Waals surface area contributed by atoms with Crippen LogP contribution in [0, 0.1) is 0 Å². The van der Waals surface area contributed by atoms with Crippen molar-refractivity contribution in [2.75, 3.05) is 6.61 Å². The quantitative estimate of drug-likeness (QED) is 0.294. The second kappa shape index (κ2) is 3.47. The summed E-state index contributed by atoms with van der Waals surface area (Å²) in [5, 5.41) is 0. The van der Waals surface area contributed by atoms with Crippen LogP contribution in [0.5, 0.6) is 0 Å². The molecule has 2 bridgehead atoms. The van der Waals surface area contributed by atoms with E-state index in [0.717, 1.165) is 0 Å². The van der Waals surface area contributed by atoms with Gasteiger partial charge in [-0.3, -0.25) is 0 Å². The van der Waals surface area contributed by atoms with Gasteiger partial charge in [-0.2, -0.15) is 0 Å². The van der Waals surface area contributed by atoms with Crippen LogP contribution in [0.15, 0.2) is 12.2 Å². The fourth-order valence-corrected chi connectivity index (χ4v) is 3.08. The predicted molar refractivity (Wildman–Crippen MR) is 48.0 cm³/mol. The van der Waals surface area contributed by atoms with Gasteiger partial charge < -0.3 is 18.0 Å². The van der Waals surface area contributed by atoms with Crippen molar-refractivity contribution >= 4 is 14.8 Å². The van der Waals surface area contributed by atoms with E-state index in [-0.39, 0.29) is 12.4 Å². The Hall–Kier alpha value is -0.693. The Bertz CT molecular complexity index is 260. The minimum absolute atomic E-state index is 0.355. The molecule has 6 heteroatoms. The third kappa shape index (κ3) is 1.74. The van der Waals surface area contributed by atoms with E-state index in [1.54, 1.807) is 6.92 Å². The van der Waals surface area contributed by atoms with E-state index in [0.29, 0.717) is 24.6 Å². The van der Waals surface area contributed by atoms with Gasteiger partial charge in [-0.1, -0.05) is 6.58 Å². The highest BCUT2D eigenvalue weighted by molar-refractivity contribution is 6.65. The van der Waals surface area contributed by atoms with E-state index in [9.17, 15) is 4.79 Å². The molecule has 3 fully saturated rings. The SMILES string of the molecule is C=C(C)C(=O)OCCC[Si]12OC(O1)O2. The van der Waals surface area contributed by atoms with Crippen LogP contribution >= 0.6 is 0 Å². The molecule has 3 aliphatic rings. The second-order valence-corrected chi connectivity index (χ2v) is 5.92. The standard InChI is InChI=1S/C8H12O5Si/c1-6(2)7(9)10-4-3-5-14-11-8(12-14)13-14/h8H,1,3-5H2,2H3. The van der Waals surface area contributed by atoms with Crippen molar-refractivity contribution in [2.45, 2.75) is 25.9 Å². The molecule has 3 aliphatic heterocycles. The van der Waals surface area contributed by atoms with Crippen LogP contribution in [-0.2, 0) is 22.8 Å². The molecule has 78 valence electrons. The van der Waals surface area contributed by atoms with Gasteiger partial charge >= 0.3 is 14.8 Å². The Morgan fingerprint density at radius 1 is 1.50 bits per heavy atom. The summed E-state index contributed by atoms with van der Waals surface area (Å²) in [4.78, 5) is 11.0. The molecule has 3 heterocycles. The van der Waals surface area contributed by atoms with Crippen molar-refractivity contribution < 1.29 is 22.8 Å². The molecule has 0 spiro atoms. The molecule has 0 unspecified atom stereocenters. The van der Waals surface area contributed by atoms with Gasteiger partial charge in [0.25, 0.3) is 6.48 Å². The highest BCUT2D eigenvalue weighted by Crippen LogP contribution is 2.43. The van der Waals surface area contributed by atoms with Crippen molar-refractivity contribution in [3.63, 3.8) is 0 Å². The summed E-state index contributed by atoms with van der Waals surface area (Å²) in [7, 11) is -2.17. The van der Waals surface area contributed by atoms with Crippen molar-refractivity contribution in [1.29, 1.82) is 0 Å². The zero-order valence-corrected chi connectivity index (χ0v) is 8.95. The summed E-state index contributed by atoms with van der Waals surface area (Å²) in [5.74, 6) is -0.355. The van der Waals surface area contributed by atoms with Gasteiger partial charge in [0, 0.05) is 11.6 Å². The molecule has 0 amide bonds. The molecule has 0 radical (unpaired) electrons. The van der Waals surface area contributed by atoms with E-state index >= 15 is 0 Å². The maximum atomic E-state index is 11.0. The number of hydrogen-bond acceptors (Lipinski definition) is 5. The van der Waals surface area contributed by atoms with Crippen LogP contribution in [0.25, 0.3) is 0 Å². The fourth-order valence-electron chi connectivity index (χ4n) is 1.22. The van der Waals surface area contributed by atoms with E-state index in [4.69, 9.17) is 18.0 Å². The summed E-state index contributed by atoms with van der Waals surface area (Å²) in [5.41, 5.74) is 0.413. The van der Waals surface area contributed by atoms with Crippen molar-refractivity contribution in [3.05, 3.63) is 12.2 Å². The van der Waals surface area contributed by atoms with E-state index in [2.05, 4.69) is 6.58 Å². The number of carbonyl (C=O) groups is 1. The van der Waals surface area contributed by atoms with Crippen molar-refractivity contribution in [3.8, 4) is 0 Å². The van der Waals surface area contributed by atoms with Crippen molar-refractivity contribution in [2.24, 2.45) is 0 Å². The topological polar surface area (TPSA) is 54.0 Å². The lowest BCUT2D eigenvalue weighted by Crippen LogP contribution is -2.75. The van der Waals surface area contributed by atoms with Crippen molar-refractivity contribution in [1.82, 2.24) is 0 Å². The van der Waals surface area contributed by atoms with Gasteiger partial charge in [-0.25, -0.2) is 4.79 Å². The minimum atomic E-state index is -2.17. The predicted octanol–water partition coefficient (Wildman–Crippen LogP) is 0.795. The molecular formula is C8H12O5Si. The molecule has 0 N–H and O–H groups in total. The third-order valence-electron chi connectivity index (χ3n) is 2.04. The lowest BCUT2D eigenvalue weighted by atomic mass is 10.4. The van der Waals surface area contributed by atoms with E-state index in [1.165, 1.54) is 0 Å². The van der Waals surface area contributed by atoms with Crippen LogP contribution in [0.4, 0.5) is 0 Å². The third-order valence-corrected chi connectivity index (χ3v) is 4.66. The smallest absolute Gasteiger partial charge is 0.462 e. The molecule has 5 nitrogen and oxygen atoms in total. The Labute approximate surface area is 83.0 Å². The van der Waals surface area contributed by atoms with E-state index < -0.39 is 8.80 Å². The Balaban J connectivity index is 1.55. The lowest BCUT2D eigenvalue weighted by molar-refractivity contribution is -0.393. The number of carbonyl (C=O) groups excluding carboxylic acids is 1. The van der Waals surface area contributed by atoms with Gasteiger partial charge in [0.05, 0.1) is 6.61 Å². The van der Waals surface area contributed by atoms with Crippen LogP contribution in [0.3, 0.4) is 0 Å². The van der Waals surface area contributed by atoms with Crippen LogP contribution in [0.2, 0.25) is 6.04 Å². The summed E-state index contributed by atoms with van der Waals surface area (Å²) in [6.45, 7) is 5.07. The molecule has 0 aromatic carbocycles. The largest absolute Gasteiger partial charge is 0.512 e. The fraction of sp³-hybridized carbons (Fsp3) is 0.625. The lowest BCUT2D eigenvalue weighted by Gasteiger charge is -2.55. The Morgan fingerprint density at radius 2 is 2.14 bits per heavy atom. The molecule has 0 saturated carbocycles. The number of rotatable bonds is 5. The summed E-state index contributed by atoms with van der Waals surface area (Å²) < 4.78 is 20.5. The first-order valence-electron chi connectivity index (χ1n) is 4.47. The van der Waals surface area contributed by atoms with Gasteiger partial charge in [-0.15, -0.1) is 0 Å². The molecule has 3 rings (SSSR count). The molecule has 0 aromatic heterocycles. The molecule has 3 saturated heterocycles. The molecule has 0 aliphatic carbocycles. The average molecular weight is 216 g/mol. The normalized spacial score (nSPS) is 32.8. The molecular weight excluding hydrogens is 204 g/mol. The second-order valence-electron chi connectivity index (χ2n) is 3.35. The summed E-state index contributed by atoms with van der Waals surface area (Å²) in [6.07, 6.45) is 0.706. The van der Waals surface area contributed by atoms with Crippen LogP contribution < -0.4 is 0 Å². The van der Waals surface area contributed by atoms with Crippen LogP contribution in [-0.4, -0.2) is 27.9 Å². The average Bonchev–Trinajstić information content (AvgIpc) is 1.97. The molecule has 0 atom stereocenters. The van der Waals surface area contributed by atoms with Gasteiger partial charge in [0.2, 0.25) is 0 Å². The summed E-state index contributed by atoms with van der Waals surface area (Å²) >= 11 is 0. The first-order chi connectivity index (χ1) is 6.61. The first-order valence-corrected chi connectivity index (χ1v) is 6.41. The van der Waals surface area contributed by atoms with E-state index in [1.807, 2.05) is 0 Å². The maximum absolute atomic E-state index is 11.0. The maximum Gasteiger partial charge on any atom is 0.512 e. The van der Waals surface area contributed by atoms with Crippen LogP contribution in [0.1, 0.15) is 13.3 Å². The Morgan fingerprint density at radius 3 is 2.57 bits per heavy atom. The Kier molecular flexibility index (Phi) is 2.44. The van der Waals surface area contributed by atoms with Gasteiger partial charge in [0.1, 0.15) is 0 Å². The minimum Gasteiger partial charge on any atom is -0.462 e. The van der Waals surface area contributed by atoms with Gasteiger partial charge in [0.15, 0.2) is 0 Å². The monoisotopic (exact) mass is 216 g/mol. The molecule has 0 aromatic rings. The highest BCUT2D eigenvalue weighted by Gasteiger charge is 2.68. The first kappa shape index (κ1) is 9.85. The zero-order chi connectivity index (χ0) is 10.2. The highest BCUT2D eigenvalue weighted by atomic mass is 28.4. The van der Waals surface area contributed by atoms with Gasteiger partial charge in [-0.05, 0) is 13.3 Å².